The number of amides is 1. The molecule has 21 heavy (non-hydrogen) atoms. The number of nitrogens with one attached hydrogen (secondary N) is 1. The number of benzene rings is 1. The second-order valence-electron chi connectivity index (χ2n) is 5.54. The summed E-state index contributed by atoms with van der Waals surface area (Å²) in [4.78, 5) is 23.2. The standard InChI is InChI=1S/C16H17NO4/c18-15(19)13-11-6-7-12(8-11)14(13)17-16(20)21-9-10-4-2-1-3-5-10/h1-7,11-14H,8-9H2,(H,17,20)(H,18,19)/t11-,12-,13-,14+/m0/s1. The second-order valence-corrected chi connectivity index (χ2v) is 5.54. The van der Waals surface area contributed by atoms with Gasteiger partial charge in [-0.2, -0.15) is 0 Å². The van der Waals surface area contributed by atoms with Gasteiger partial charge in [0.15, 0.2) is 0 Å². The Bertz CT molecular complexity index is 569. The van der Waals surface area contributed by atoms with Crippen LogP contribution in [0.1, 0.15) is 12.0 Å². The van der Waals surface area contributed by atoms with Gasteiger partial charge in [0.1, 0.15) is 6.61 Å². The minimum atomic E-state index is -0.861. The van der Waals surface area contributed by atoms with Gasteiger partial charge in [-0.3, -0.25) is 4.79 Å². The highest BCUT2D eigenvalue weighted by Gasteiger charge is 2.49. The summed E-state index contributed by atoms with van der Waals surface area (Å²) in [6.45, 7) is 0.182. The summed E-state index contributed by atoms with van der Waals surface area (Å²) in [6, 6.07) is 9.00. The zero-order valence-electron chi connectivity index (χ0n) is 11.4. The summed E-state index contributed by atoms with van der Waals surface area (Å²) in [6.07, 6.45) is 4.17. The van der Waals surface area contributed by atoms with Crippen LogP contribution >= 0.6 is 0 Å². The Morgan fingerprint density at radius 1 is 1.19 bits per heavy atom. The maximum absolute atomic E-state index is 11.9. The Morgan fingerprint density at radius 3 is 2.62 bits per heavy atom. The minimum absolute atomic E-state index is 0.0203. The second kappa shape index (κ2) is 5.60. The van der Waals surface area contributed by atoms with Crippen LogP contribution in [-0.2, 0) is 16.1 Å². The van der Waals surface area contributed by atoms with E-state index in [-0.39, 0.29) is 24.5 Å². The molecule has 1 amide bonds. The number of carbonyl (C=O) groups excluding carboxylic acids is 1. The van der Waals surface area contributed by atoms with E-state index in [1.165, 1.54) is 0 Å². The number of fused-ring (bicyclic) bond motifs is 2. The van der Waals surface area contributed by atoms with E-state index in [4.69, 9.17) is 4.74 Å². The summed E-state index contributed by atoms with van der Waals surface area (Å²) in [5.41, 5.74) is 0.898. The van der Waals surface area contributed by atoms with Crippen molar-refractivity contribution in [3.63, 3.8) is 0 Å². The molecule has 2 N–H and O–H groups in total. The molecule has 2 bridgehead atoms. The molecule has 0 spiro atoms. The summed E-state index contributed by atoms with van der Waals surface area (Å²) >= 11 is 0. The van der Waals surface area contributed by atoms with Crippen molar-refractivity contribution in [2.24, 2.45) is 17.8 Å². The van der Waals surface area contributed by atoms with E-state index >= 15 is 0 Å². The van der Waals surface area contributed by atoms with Crippen molar-refractivity contribution in [3.8, 4) is 0 Å². The van der Waals surface area contributed by atoms with Gasteiger partial charge < -0.3 is 15.2 Å². The maximum Gasteiger partial charge on any atom is 0.407 e. The van der Waals surface area contributed by atoms with Gasteiger partial charge in [0.2, 0.25) is 0 Å². The Kier molecular flexibility index (Phi) is 3.64. The summed E-state index contributed by atoms with van der Waals surface area (Å²) in [7, 11) is 0. The Labute approximate surface area is 122 Å². The third-order valence-corrected chi connectivity index (χ3v) is 4.24. The van der Waals surface area contributed by atoms with Crippen molar-refractivity contribution in [2.75, 3.05) is 0 Å². The summed E-state index contributed by atoms with van der Waals surface area (Å²) in [5.74, 6) is -1.29. The molecule has 4 atom stereocenters. The highest BCUT2D eigenvalue weighted by molar-refractivity contribution is 5.75. The first-order valence-electron chi connectivity index (χ1n) is 7.03. The van der Waals surface area contributed by atoms with Gasteiger partial charge in [0.25, 0.3) is 0 Å². The van der Waals surface area contributed by atoms with E-state index in [0.717, 1.165) is 12.0 Å². The third kappa shape index (κ3) is 2.77. The molecule has 0 saturated heterocycles. The van der Waals surface area contributed by atoms with Gasteiger partial charge in [-0.25, -0.2) is 4.79 Å². The first-order valence-corrected chi connectivity index (χ1v) is 7.03. The molecule has 0 aliphatic heterocycles. The number of allylic oxidation sites excluding steroid dienone is 1. The van der Waals surface area contributed by atoms with Crippen LogP contribution in [0.4, 0.5) is 4.79 Å². The fraction of sp³-hybridized carbons (Fsp3) is 0.375. The minimum Gasteiger partial charge on any atom is -0.481 e. The van der Waals surface area contributed by atoms with Crippen LogP contribution in [0.25, 0.3) is 0 Å². The average Bonchev–Trinajstić information content (AvgIpc) is 3.07. The van der Waals surface area contributed by atoms with Crippen molar-refractivity contribution in [2.45, 2.75) is 19.1 Å². The number of hydrogen-bond acceptors (Lipinski definition) is 3. The number of carboxylic acids is 1. The first-order chi connectivity index (χ1) is 10.1. The summed E-state index contributed by atoms with van der Waals surface area (Å²) < 4.78 is 5.16. The van der Waals surface area contributed by atoms with Crippen LogP contribution in [0.15, 0.2) is 42.5 Å². The number of carbonyl (C=O) groups is 2. The number of alkyl carbamates (subject to hydrolysis) is 1. The highest BCUT2D eigenvalue weighted by atomic mass is 16.5. The van der Waals surface area contributed by atoms with Gasteiger partial charge in [0, 0.05) is 0 Å². The van der Waals surface area contributed by atoms with Crippen LogP contribution in [-0.4, -0.2) is 23.2 Å². The van der Waals surface area contributed by atoms with E-state index in [2.05, 4.69) is 5.32 Å². The normalized spacial score (nSPS) is 29.3. The zero-order valence-corrected chi connectivity index (χ0v) is 11.4. The van der Waals surface area contributed by atoms with Gasteiger partial charge in [-0.05, 0) is 23.8 Å². The molecule has 0 radical (unpaired) electrons. The number of ether oxygens (including phenoxy) is 1. The molecule has 1 aromatic rings. The van der Waals surface area contributed by atoms with Crippen molar-refractivity contribution in [1.29, 1.82) is 0 Å². The largest absolute Gasteiger partial charge is 0.481 e. The molecule has 1 aromatic carbocycles. The highest BCUT2D eigenvalue weighted by Crippen LogP contribution is 2.43. The molecule has 5 nitrogen and oxygen atoms in total. The van der Waals surface area contributed by atoms with Gasteiger partial charge in [-0.1, -0.05) is 42.5 Å². The lowest BCUT2D eigenvalue weighted by Crippen LogP contribution is -2.45. The monoisotopic (exact) mass is 287 g/mol. The van der Waals surface area contributed by atoms with E-state index in [1.807, 2.05) is 42.5 Å². The van der Waals surface area contributed by atoms with Crippen LogP contribution in [0.2, 0.25) is 0 Å². The molecule has 3 rings (SSSR count). The Balaban J connectivity index is 1.57. The molecular weight excluding hydrogens is 270 g/mol. The van der Waals surface area contributed by atoms with E-state index in [9.17, 15) is 14.7 Å². The number of carboxylic acid groups (broad SMARTS) is 1. The number of hydrogen-bond donors (Lipinski definition) is 2. The fourth-order valence-corrected chi connectivity index (χ4v) is 3.26. The molecule has 0 aromatic heterocycles. The fourth-order valence-electron chi connectivity index (χ4n) is 3.26. The lowest BCUT2D eigenvalue weighted by atomic mass is 9.89. The molecule has 110 valence electrons. The average molecular weight is 287 g/mol. The van der Waals surface area contributed by atoms with Crippen LogP contribution in [0.3, 0.4) is 0 Å². The lowest BCUT2D eigenvalue weighted by molar-refractivity contribution is -0.143. The predicted octanol–water partition coefficient (Wildman–Crippen LogP) is 2.19. The van der Waals surface area contributed by atoms with Gasteiger partial charge >= 0.3 is 12.1 Å². The SMILES string of the molecule is O=C(N[C@H]1[C@@H](C(=O)O)[C@H]2C=C[C@H]1C2)OCc1ccccc1. The zero-order chi connectivity index (χ0) is 14.8. The molecule has 0 heterocycles. The number of rotatable bonds is 4. The molecule has 5 heteroatoms. The molecule has 0 unspecified atom stereocenters. The van der Waals surface area contributed by atoms with Crippen LogP contribution in [0.5, 0.6) is 0 Å². The summed E-state index contributed by atoms with van der Waals surface area (Å²) in [5, 5.41) is 12.0. The van der Waals surface area contributed by atoms with E-state index < -0.39 is 18.0 Å². The predicted molar refractivity (Wildman–Crippen MR) is 75.4 cm³/mol. The molecule has 2 aliphatic rings. The van der Waals surface area contributed by atoms with Crippen molar-refractivity contribution in [3.05, 3.63) is 48.0 Å². The Hall–Kier alpha value is -2.30. The molecule has 2 aliphatic carbocycles. The van der Waals surface area contributed by atoms with Crippen molar-refractivity contribution in [1.82, 2.24) is 5.32 Å². The topological polar surface area (TPSA) is 75.6 Å². The van der Waals surface area contributed by atoms with Crippen LogP contribution < -0.4 is 5.32 Å². The van der Waals surface area contributed by atoms with Crippen molar-refractivity contribution >= 4 is 12.1 Å². The van der Waals surface area contributed by atoms with Crippen LogP contribution in [0, 0.1) is 17.8 Å². The molecular formula is C16H17NO4. The van der Waals surface area contributed by atoms with Gasteiger partial charge in [0.05, 0.1) is 12.0 Å². The van der Waals surface area contributed by atoms with Crippen molar-refractivity contribution < 1.29 is 19.4 Å². The van der Waals surface area contributed by atoms with E-state index in [0.29, 0.717) is 0 Å². The molecule has 1 saturated carbocycles. The Morgan fingerprint density at radius 2 is 1.90 bits per heavy atom. The molecule has 1 fully saturated rings. The van der Waals surface area contributed by atoms with E-state index in [1.54, 1.807) is 0 Å². The lowest BCUT2D eigenvalue weighted by Gasteiger charge is -2.25. The van der Waals surface area contributed by atoms with Gasteiger partial charge in [-0.15, -0.1) is 0 Å². The number of aliphatic carboxylic acids is 1. The maximum atomic E-state index is 11.9. The quantitative estimate of drug-likeness (QED) is 0.832. The smallest absolute Gasteiger partial charge is 0.407 e. The first kappa shape index (κ1) is 13.7. The third-order valence-electron chi connectivity index (χ3n) is 4.24.